The normalized spacial score (nSPS) is 15.4. The van der Waals surface area contributed by atoms with Gasteiger partial charge in [-0.05, 0) is 43.3 Å². The molecule has 0 spiro atoms. The van der Waals surface area contributed by atoms with E-state index in [2.05, 4.69) is 20.4 Å². The molecule has 0 atom stereocenters. The summed E-state index contributed by atoms with van der Waals surface area (Å²) in [5, 5.41) is 6.45. The van der Waals surface area contributed by atoms with Crippen LogP contribution in [0.4, 0.5) is 4.79 Å². The Bertz CT molecular complexity index is 1190. The van der Waals surface area contributed by atoms with E-state index in [9.17, 15) is 14.4 Å². The first-order valence-corrected chi connectivity index (χ1v) is 10.0. The SMILES string of the molecule is Cc1cc(C)n2nc(C(=O)NCCN3C(=O)S/C(=C\c4ccccc4)C3=O)nc2n1. The largest absolute Gasteiger partial charge is 0.347 e. The summed E-state index contributed by atoms with van der Waals surface area (Å²) < 4.78 is 1.49. The predicted octanol–water partition coefficient (Wildman–Crippen LogP) is 2.21. The maximum Gasteiger partial charge on any atom is 0.293 e. The second-order valence-electron chi connectivity index (χ2n) is 6.69. The van der Waals surface area contributed by atoms with Crippen molar-refractivity contribution in [1.29, 1.82) is 0 Å². The lowest BCUT2D eigenvalue weighted by Crippen LogP contribution is -2.37. The van der Waals surface area contributed by atoms with Crippen LogP contribution in [-0.2, 0) is 4.79 Å². The van der Waals surface area contributed by atoms with Crippen LogP contribution in [0.25, 0.3) is 11.9 Å². The molecule has 0 saturated carbocycles. The van der Waals surface area contributed by atoms with Crippen molar-refractivity contribution in [3.05, 3.63) is 64.1 Å². The molecule has 1 saturated heterocycles. The number of aromatic nitrogens is 4. The molecule has 1 aromatic carbocycles. The Morgan fingerprint density at radius 3 is 2.70 bits per heavy atom. The van der Waals surface area contributed by atoms with Crippen molar-refractivity contribution < 1.29 is 14.4 Å². The number of hydrogen-bond acceptors (Lipinski definition) is 7. The van der Waals surface area contributed by atoms with E-state index in [-0.39, 0.29) is 30.1 Å². The molecule has 0 unspecified atom stereocenters. The van der Waals surface area contributed by atoms with Crippen molar-refractivity contribution in [2.75, 3.05) is 13.1 Å². The highest BCUT2D eigenvalue weighted by Gasteiger charge is 2.34. The van der Waals surface area contributed by atoms with Crippen molar-refractivity contribution in [3.63, 3.8) is 0 Å². The Hall–Kier alpha value is -3.53. The summed E-state index contributed by atoms with van der Waals surface area (Å²) in [5.74, 6) is -0.544. The lowest BCUT2D eigenvalue weighted by atomic mass is 10.2. The van der Waals surface area contributed by atoms with Gasteiger partial charge in [0.05, 0.1) is 4.91 Å². The quantitative estimate of drug-likeness (QED) is 0.628. The second-order valence-corrected chi connectivity index (χ2v) is 7.68. The van der Waals surface area contributed by atoms with E-state index >= 15 is 0 Å². The molecule has 0 bridgehead atoms. The van der Waals surface area contributed by atoms with Crippen molar-refractivity contribution >= 4 is 40.7 Å². The van der Waals surface area contributed by atoms with Gasteiger partial charge in [0.2, 0.25) is 5.82 Å². The van der Waals surface area contributed by atoms with Gasteiger partial charge in [-0.1, -0.05) is 30.3 Å². The fourth-order valence-electron chi connectivity index (χ4n) is 3.02. The molecule has 3 heterocycles. The van der Waals surface area contributed by atoms with Gasteiger partial charge in [0.15, 0.2) is 0 Å². The molecule has 2 aromatic heterocycles. The number of nitrogens with zero attached hydrogens (tertiary/aromatic N) is 5. The van der Waals surface area contributed by atoms with Gasteiger partial charge in [0, 0.05) is 24.5 Å². The molecule has 1 fully saturated rings. The topological polar surface area (TPSA) is 110 Å². The Kier molecular flexibility index (Phi) is 5.32. The van der Waals surface area contributed by atoms with Crippen LogP contribution < -0.4 is 5.32 Å². The average molecular weight is 422 g/mol. The molecule has 3 aromatic rings. The van der Waals surface area contributed by atoms with Gasteiger partial charge in [0.25, 0.3) is 22.8 Å². The minimum absolute atomic E-state index is 0.0192. The van der Waals surface area contributed by atoms with Crippen LogP contribution in [0.2, 0.25) is 0 Å². The van der Waals surface area contributed by atoms with E-state index < -0.39 is 5.91 Å². The molecule has 9 nitrogen and oxygen atoms in total. The van der Waals surface area contributed by atoms with Crippen molar-refractivity contribution in [2.45, 2.75) is 13.8 Å². The van der Waals surface area contributed by atoms with Crippen LogP contribution in [0.5, 0.6) is 0 Å². The molecular weight excluding hydrogens is 404 g/mol. The maximum atomic E-state index is 12.5. The molecule has 0 radical (unpaired) electrons. The van der Waals surface area contributed by atoms with Gasteiger partial charge in [-0.15, -0.1) is 5.10 Å². The van der Waals surface area contributed by atoms with Crippen LogP contribution >= 0.6 is 11.8 Å². The zero-order valence-electron chi connectivity index (χ0n) is 16.3. The summed E-state index contributed by atoms with van der Waals surface area (Å²) >= 11 is 0.887. The van der Waals surface area contributed by atoms with Gasteiger partial charge in [-0.3, -0.25) is 19.3 Å². The van der Waals surface area contributed by atoms with Crippen LogP contribution in [0.3, 0.4) is 0 Å². The Morgan fingerprint density at radius 1 is 1.17 bits per heavy atom. The molecule has 4 rings (SSSR count). The number of carbonyl (C=O) groups is 3. The molecule has 1 aliphatic rings. The van der Waals surface area contributed by atoms with Crippen LogP contribution in [0.15, 0.2) is 41.3 Å². The van der Waals surface area contributed by atoms with E-state index in [1.807, 2.05) is 50.2 Å². The molecular formula is C20H18N6O3S. The third-order valence-corrected chi connectivity index (χ3v) is 5.32. The third-order valence-electron chi connectivity index (χ3n) is 4.41. The summed E-state index contributed by atoms with van der Waals surface area (Å²) in [5.41, 5.74) is 2.43. The number of nitrogens with one attached hydrogen (secondary N) is 1. The van der Waals surface area contributed by atoms with Gasteiger partial charge >= 0.3 is 0 Å². The minimum atomic E-state index is -0.496. The minimum Gasteiger partial charge on any atom is -0.347 e. The lowest BCUT2D eigenvalue weighted by molar-refractivity contribution is -0.122. The van der Waals surface area contributed by atoms with E-state index in [1.54, 1.807) is 6.08 Å². The van der Waals surface area contributed by atoms with E-state index in [0.29, 0.717) is 10.7 Å². The maximum absolute atomic E-state index is 12.5. The number of fused-ring (bicyclic) bond motifs is 1. The molecule has 0 aliphatic carbocycles. The summed E-state index contributed by atoms with van der Waals surface area (Å²) in [7, 11) is 0. The first kappa shape index (κ1) is 19.8. The monoisotopic (exact) mass is 422 g/mol. The summed E-state index contributed by atoms with van der Waals surface area (Å²) in [6, 6.07) is 11.1. The van der Waals surface area contributed by atoms with Gasteiger partial charge in [0.1, 0.15) is 0 Å². The van der Waals surface area contributed by atoms with Crippen LogP contribution in [0, 0.1) is 13.8 Å². The molecule has 30 heavy (non-hydrogen) atoms. The molecule has 1 aliphatic heterocycles. The molecule has 10 heteroatoms. The molecule has 1 N–H and O–H groups in total. The Labute approximate surface area is 176 Å². The summed E-state index contributed by atoms with van der Waals surface area (Å²) in [4.78, 5) is 47.0. The first-order chi connectivity index (χ1) is 14.4. The number of imide groups is 1. The van der Waals surface area contributed by atoms with E-state index in [0.717, 1.165) is 33.6 Å². The van der Waals surface area contributed by atoms with Crippen molar-refractivity contribution in [1.82, 2.24) is 29.8 Å². The van der Waals surface area contributed by atoms with Crippen LogP contribution in [-0.4, -0.2) is 54.6 Å². The van der Waals surface area contributed by atoms with Gasteiger partial charge in [-0.25, -0.2) is 9.50 Å². The number of amides is 3. The number of benzene rings is 1. The van der Waals surface area contributed by atoms with Gasteiger partial charge in [-0.2, -0.15) is 4.98 Å². The fourth-order valence-corrected chi connectivity index (χ4v) is 3.88. The van der Waals surface area contributed by atoms with Crippen molar-refractivity contribution in [3.8, 4) is 0 Å². The highest BCUT2D eigenvalue weighted by Crippen LogP contribution is 2.31. The molecule has 152 valence electrons. The number of carbonyl (C=O) groups excluding carboxylic acids is 3. The fraction of sp³-hybridized carbons (Fsp3) is 0.200. The number of aryl methyl sites for hydroxylation is 2. The Balaban J connectivity index is 1.39. The highest BCUT2D eigenvalue weighted by molar-refractivity contribution is 8.18. The summed E-state index contributed by atoms with van der Waals surface area (Å²) in [6.07, 6.45) is 1.68. The zero-order chi connectivity index (χ0) is 21.3. The third kappa shape index (κ3) is 3.94. The second kappa shape index (κ2) is 8.07. The average Bonchev–Trinajstić information content (AvgIpc) is 3.25. The summed E-state index contributed by atoms with van der Waals surface area (Å²) in [6.45, 7) is 3.84. The predicted molar refractivity (Wildman–Crippen MR) is 112 cm³/mol. The highest BCUT2D eigenvalue weighted by atomic mass is 32.2. The Morgan fingerprint density at radius 2 is 1.93 bits per heavy atom. The van der Waals surface area contributed by atoms with Crippen molar-refractivity contribution in [2.24, 2.45) is 0 Å². The smallest absolute Gasteiger partial charge is 0.293 e. The molecule has 3 amide bonds. The lowest BCUT2D eigenvalue weighted by Gasteiger charge is -2.12. The standard InChI is InChI=1S/C20H18N6O3S/c1-12-10-13(2)26-19(22-12)23-16(24-26)17(27)21-8-9-25-18(28)15(30-20(25)29)11-14-6-4-3-5-7-14/h3-7,10-11H,8-9H2,1-2H3,(H,21,27)/b15-11-. The van der Waals surface area contributed by atoms with Gasteiger partial charge < -0.3 is 5.32 Å². The van der Waals surface area contributed by atoms with E-state index in [1.165, 1.54) is 4.52 Å². The number of thioether (sulfide) groups is 1. The zero-order valence-corrected chi connectivity index (χ0v) is 17.1. The van der Waals surface area contributed by atoms with Crippen LogP contribution in [0.1, 0.15) is 27.6 Å². The number of hydrogen-bond donors (Lipinski definition) is 1. The first-order valence-electron chi connectivity index (χ1n) is 9.22. The number of rotatable bonds is 5. The van der Waals surface area contributed by atoms with E-state index in [4.69, 9.17) is 0 Å².